The fourth-order valence-electron chi connectivity index (χ4n) is 2.42. The van der Waals surface area contributed by atoms with Crippen LogP contribution in [0.4, 0.5) is 4.39 Å². The number of fused-ring (bicyclic) bond motifs is 3. The molecule has 2 aromatic heterocycles. The molecule has 0 aliphatic rings. The maximum atomic E-state index is 13.3. The number of benzene rings is 1. The first kappa shape index (κ1) is 13.3. The van der Waals surface area contributed by atoms with Gasteiger partial charge in [-0.25, -0.2) is 13.9 Å². The van der Waals surface area contributed by atoms with Crippen LogP contribution < -0.4 is 5.56 Å². The van der Waals surface area contributed by atoms with E-state index in [1.165, 1.54) is 19.1 Å². The van der Waals surface area contributed by atoms with E-state index in [1.54, 1.807) is 23.5 Å². The van der Waals surface area contributed by atoms with Gasteiger partial charge in [-0.05, 0) is 38.1 Å². The van der Waals surface area contributed by atoms with Crippen molar-refractivity contribution in [3.63, 3.8) is 0 Å². The number of nitrogens with zero attached hydrogens (tertiary/aromatic N) is 3. The average molecular weight is 289 g/mol. The molecular formula is C14H12FN3O3. The zero-order valence-corrected chi connectivity index (χ0v) is 11.4. The second-order valence-electron chi connectivity index (χ2n) is 4.88. The fraction of sp³-hybridized carbons (Fsp3) is 0.214. The van der Waals surface area contributed by atoms with E-state index in [2.05, 4.69) is 5.10 Å². The molecule has 21 heavy (non-hydrogen) atoms. The number of hydrogen-bond acceptors (Lipinski definition) is 3. The third kappa shape index (κ3) is 1.89. The summed E-state index contributed by atoms with van der Waals surface area (Å²) in [5, 5.41) is 13.7. The summed E-state index contributed by atoms with van der Waals surface area (Å²) in [6, 6.07) is 4.67. The molecule has 108 valence electrons. The Morgan fingerprint density at radius 3 is 2.71 bits per heavy atom. The van der Waals surface area contributed by atoms with Gasteiger partial charge in [0.1, 0.15) is 17.2 Å². The average Bonchev–Trinajstić information content (AvgIpc) is 2.81. The maximum absolute atomic E-state index is 13.3. The number of halogens is 1. The van der Waals surface area contributed by atoms with Gasteiger partial charge in [-0.1, -0.05) is 0 Å². The molecule has 0 amide bonds. The Morgan fingerprint density at radius 1 is 1.33 bits per heavy atom. The van der Waals surface area contributed by atoms with Crippen LogP contribution in [-0.2, 0) is 4.79 Å². The Bertz CT molecular complexity index is 942. The van der Waals surface area contributed by atoms with Crippen molar-refractivity contribution >= 4 is 22.4 Å². The van der Waals surface area contributed by atoms with Gasteiger partial charge in [-0.3, -0.25) is 9.20 Å². The van der Waals surface area contributed by atoms with Crippen LogP contribution in [0, 0.1) is 12.7 Å². The molecule has 0 aliphatic heterocycles. The first-order chi connectivity index (χ1) is 9.90. The molecule has 2 heterocycles. The number of aryl methyl sites for hydroxylation is 1. The summed E-state index contributed by atoms with van der Waals surface area (Å²) in [4.78, 5) is 23.5. The number of aliphatic carboxylic acids is 1. The van der Waals surface area contributed by atoms with E-state index in [1.807, 2.05) is 0 Å². The van der Waals surface area contributed by atoms with Gasteiger partial charge >= 0.3 is 5.97 Å². The van der Waals surface area contributed by atoms with Crippen LogP contribution in [0.1, 0.15) is 18.8 Å². The molecule has 1 atom stereocenters. The Hall–Kier alpha value is -2.70. The van der Waals surface area contributed by atoms with E-state index in [4.69, 9.17) is 5.11 Å². The van der Waals surface area contributed by atoms with Crippen LogP contribution >= 0.6 is 0 Å². The van der Waals surface area contributed by atoms with Crippen molar-refractivity contribution in [1.82, 2.24) is 14.2 Å². The van der Waals surface area contributed by atoms with Gasteiger partial charge in [-0.15, -0.1) is 0 Å². The molecule has 1 aromatic carbocycles. The number of hydrogen-bond donors (Lipinski definition) is 1. The van der Waals surface area contributed by atoms with Gasteiger partial charge in [0.25, 0.3) is 5.56 Å². The molecule has 0 radical (unpaired) electrons. The molecule has 1 N–H and O–H groups in total. The van der Waals surface area contributed by atoms with E-state index in [9.17, 15) is 14.0 Å². The summed E-state index contributed by atoms with van der Waals surface area (Å²) in [5.41, 5.74) is 0.409. The molecule has 0 aliphatic carbocycles. The summed E-state index contributed by atoms with van der Waals surface area (Å²) >= 11 is 0. The largest absolute Gasteiger partial charge is 0.480 e. The van der Waals surface area contributed by atoms with Crippen molar-refractivity contribution in [2.75, 3.05) is 0 Å². The predicted octanol–water partition coefficient (Wildman–Crippen LogP) is 1.74. The van der Waals surface area contributed by atoms with Gasteiger partial charge in [0.15, 0.2) is 6.04 Å². The monoisotopic (exact) mass is 289 g/mol. The van der Waals surface area contributed by atoms with E-state index in [0.29, 0.717) is 16.7 Å². The fourth-order valence-corrected chi connectivity index (χ4v) is 2.42. The summed E-state index contributed by atoms with van der Waals surface area (Å²) in [6.45, 7) is 3.05. The van der Waals surface area contributed by atoms with E-state index in [-0.39, 0.29) is 5.52 Å². The minimum Gasteiger partial charge on any atom is -0.480 e. The minimum absolute atomic E-state index is 0.274. The van der Waals surface area contributed by atoms with Crippen molar-refractivity contribution in [3.05, 3.63) is 46.3 Å². The molecule has 0 saturated carbocycles. The smallest absolute Gasteiger partial charge is 0.328 e. The molecule has 3 rings (SSSR count). The van der Waals surface area contributed by atoms with Crippen molar-refractivity contribution in [2.45, 2.75) is 19.9 Å². The van der Waals surface area contributed by atoms with Crippen molar-refractivity contribution in [1.29, 1.82) is 0 Å². The number of aromatic nitrogens is 3. The topological polar surface area (TPSA) is 76.6 Å². The summed E-state index contributed by atoms with van der Waals surface area (Å²) in [5.74, 6) is -1.09. The van der Waals surface area contributed by atoms with E-state index < -0.39 is 23.4 Å². The molecule has 0 bridgehead atoms. The van der Waals surface area contributed by atoms with Gasteiger partial charge in [0.2, 0.25) is 0 Å². The highest BCUT2D eigenvalue weighted by atomic mass is 19.1. The Balaban J connectivity index is 2.44. The number of carboxylic acids is 1. The second kappa shape index (κ2) is 4.41. The van der Waals surface area contributed by atoms with Crippen LogP contribution in [0.5, 0.6) is 0 Å². The highest BCUT2D eigenvalue weighted by molar-refractivity contribution is 5.87. The molecule has 0 fully saturated rings. The standard InChI is InChI=1S/C14H12FN3O3/c1-7(14(20)21)18-13(19)12-6-9-5-10(15)3-4-11(9)17(12)8(2)16-18/h3-7H,1-2H3,(H,20,21). The third-order valence-electron chi connectivity index (χ3n) is 3.49. The number of carbonyl (C=O) groups is 1. The molecular weight excluding hydrogens is 277 g/mol. The molecule has 6 nitrogen and oxygen atoms in total. The molecule has 3 aromatic rings. The molecule has 0 spiro atoms. The molecule has 1 unspecified atom stereocenters. The van der Waals surface area contributed by atoms with E-state index >= 15 is 0 Å². The van der Waals surface area contributed by atoms with E-state index in [0.717, 1.165) is 4.68 Å². The van der Waals surface area contributed by atoms with Crippen LogP contribution in [-0.4, -0.2) is 25.3 Å². The number of carboxylic acid groups (broad SMARTS) is 1. The van der Waals surface area contributed by atoms with Gasteiger partial charge in [-0.2, -0.15) is 5.10 Å². The molecule has 7 heteroatoms. The summed E-state index contributed by atoms with van der Waals surface area (Å²) < 4.78 is 15.8. The zero-order chi connectivity index (χ0) is 15.3. The maximum Gasteiger partial charge on any atom is 0.328 e. The normalized spacial score (nSPS) is 12.9. The van der Waals surface area contributed by atoms with Crippen LogP contribution in [0.25, 0.3) is 16.4 Å². The lowest BCUT2D eigenvalue weighted by Crippen LogP contribution is -2.32. The Labute approximate surface area is 118 Å². The summed E-state index contributed by atoms with van der Waals surface area (Å²) in [7, 11) is 0. The lowest BCUT2D eigenvalue weighted by atomic mass is 10.2. The van der Waals surface area contributed by atoms with Crippen LogP contribution in [0.15, 0.2) is 29.1 Å². The molecule has 0 saturated heterocycles. The lowest BCUT2D eigenvalue weighted by molar-refractivity contribution is -0.140. The Kier molecular flexibility index (Phi) is 2.79. The van der Waals surface area contributed by atoms with Crippen molar-refractivity contribution < 1.29 is 14.3 Å². The predicted molar refractivity (Wildman–Crippen MR) is 74.0 cm³/mol. The number of rotatable bonds is 2. The zero-order valence-electron chi connectivity index (χ0n) is 11.4. The summed E-state index contributed by atoms with van der Waals surface area (Å²) in [6.07, 6.45) is 0. The first-order valence-electron chi connectivity index (χ1n) is 6.33. The van der Waals surface area contributed by atoms with Crippen LogP contribution in [0.3, 0.4) is 0 Å². The van der Waals surface area contributed by atoms with Crippen LogP contribution in [0.2, 0.25) is 0 Å². The highest BCUT2D eigenvalue weighted by Gasteiger charge is 2.20. The van der Waals surface area contributed by atoms with Crippen molar-refractivity contribution in [2.24, 2.45) is 0 Å². The SMILES string of the molecule is Cc1nn(C(C)C(=O)O)c(=O)c2cc3cc(F)ccc3n12. The quantitative estimate of drug-likeness (QED) is 0.779. The lowest BCUT2D eigenvalue weighted by Gasteiger charge is -2.11. The van der Waals surface area contributed by atoms with Gasteiger partial charge in [0, 0.05) is 5.39 Å². The van der Waals surface area contributed by atoms with Crippen molar-refractivity contribution in [3.8, 4) is 0 Å². The minimum atomic E-state index is -1.14. The highest BCUT2D eigenvalue weighted by Crippen LogP contribution is 2.20. The first-order valence-corrected chi connectivity index (χ1v) is 6.33. The van der Waals surface area contributed by atoms with Gasteiger partial charge in [0.05, 0.1) is 5.52 Å². The Morgan fingerprint density at radius 2 is 2.05 bits per heavy atom. The third-order valence-corrected chi connectivity index (χ3v) is 3.49. The van der Waals surface area contributed by atoms with Gasteiger partial charge < -0.3 is 5.11 Å². The second-order valence-corrected chi connectivity index (χ2v) is 4.88.